The number of benzene rings is 3. The fourth-order valence-electron chi connectivity index (χ4n) is 3.72. The summed E-state index contributed by atoms with van der Waals surface area (Å²) in [5, 5.41) is 11.2. The minimum absolute atomic E-state index is 0.370. The molecule has 0 radical (unpaired) electrons. The standard InChI is InChI=1S/C25H24N2O4/c1-17-15-19(11-12-24(17)30-16-25(28)29)18(2)26-31-14-13-27-22-9-5-3-7-20(22)21-8-4-6-10-23(21)27/h3-12,15,26H,2,13-14,16H2,1H3,(H,28,29). The van der Waals surface area contributed by atoms with Gasteiger partial charge in [-0.1, -0.05) is 43.0 Å². The molecule has 4 rings (SSSR count). The number of hydrogen-bond acceptors (Lipinski definition) is 4. The van der Waals surface area contributed by atoms with Crippen LogP contribution in [-0.4, -0.2) is 28.9 Å². The lowest BCUT2D eigenvalue weighted by Crippen LogP contribution is -2.16. The molecule has 6 nitrogen and oxygen atoms in total. The molecule has 0 aliphatic heterocycles. The van der Waals surface area contributed by atoms with Crippen LogP contribution in [0.15, 0.2) is 73.3 Å². The van der Waals surface area contributed by atoms with Crippen LogP contribution in [0, 0.1) is 6.92 Å². The summed E-state index contributed by atoms with van der Waals surface area (Å²) in [5.74, 6) is -0.475. The molecule has 0 spiro atoms. The Hall–Kier alpha value is -3.77. The zero-order valence-corrected chi connectivity index (χ0v) is 17.3. The van der Waals surface area contributed by atoms with Crippen molar-refractivity contribution in [1.82, 2.24) is 10.0 Å². The van der Waals surface area contributed by atoms with Crippen LogP contribution in [-0.2, 0) is 16.2 Å². The topological polar surface area (TPSA) is 72.7 Å². The quantitative estimate of drug-likeness (QED) is 0.304. The van der Waals surface area contributed by atoms with E-state index in [0.717, 1.165) is 11.1 Å². The normalized spacial score (nSPS) is 11.0. The van der Waals surface area contributed by atoms with Crippen molar-refractivity contribution in [3.8, 4) is 5.75 Å². The van der Waals surface area contributed by atoms with Crippen molar-refractivity contribution in [3.63, 3.8) is 0 Å². The predicted octanol–water partition coefficient (Wildman–Crippen LogP) is 4.76. The molecular weight excluding hydrogens is 392 g/mol. The molecule has 0 aliphatic rings. The SMILES string of the molecule is C=C(NOCCn1c2ccccc2c2ccccc21)c1ccc(OCC(=O)O)c(C)c1. The fourth-order valence-corrected chi connectivity index (χ4v) is 3.72. The van der Waals surface area contributed by atoms with Gasteiger partial charge in [-0.3, -0.25) is 10.3 Å². The van der Waals surface area contributed by atoms with Gasteiger partial charge in [0.1, 0.15) is 5.75 Å². The zero-order chi connectivity index (χ0) is 21.8. The van der Waals surface area contributed by atoms with Gasteiger partial charge in [-0.2, -0.15) is 0 Å². The van der Waals surface area contributed by atoms with Gasteiger partial charge in [0.15, 0.2) is 6.61 Å². The number of aromatic nitrogens is 1. The van der Waals surface area contributed by atoms with Crippen molar-refractivity contribution in [2.75, 3.05) is 13.2 Å². The van der Waals surface area contributed by atoms with Gasteiger partial charge < -0.3 is 14.4 Å². The van der Waals surface area contributed by atoms with E-state index >= 15 is 0 Å². The Morgan fingerprint density at radius 3 is 2.29 bits per heavy atom. The van der Waals surface area contributed by atoms with Crippen LogP contribution in [0.1, 0.15) is 11.1 Å². The third-order valence-electron chi connectivity index (χ3n) is 5.17. The molecule has 0 saturated heterocycles. The number of fused-ring (bicyclic) bond motifs is 3. The molecule has 0 aliphatic carbocycles. The maximum atomic E-state index is 10.7. The fraction of sp³-hybridized carbons (Fsp3) is 0.160. The molecule has 3 aromatic carbocycles. The first-order chi connectivity index (χ1) is 15.0. The van der Waals surface area contributed by atoms with Crippen LogP contribution in [0.5, 0.6) is 5.75 Å². The number of ether oxygens (including phenoxy) is 1. The van der Waals surface area contributed by atoms with Crippen molar-refractivity contribution in [2.24, 2.45) is 0 Å². The number of para-hydroxylation sites is 2. The lowest BCUT2D eigenvalue weighted by atomic mass is 10.1. The Morgan fingerprint density at radius 2 is 1.68 bits per heavy atom. The molecular formula is C25H24N2O4. The average Bonchev–Trinajstić information content (AvgIpc) is 3.09. The van der Waals surface area contributed by atoms with Gasteiger partial charge in [0.2, 0.25) is 0 Å². The van der Waals surface area contributed by atoms with E-state index in [-0.39, 0.29) is 6.61 Å². The van der Waals surface area contributed by atoms with Crippen molar-refractivity contribution in [3.05, 3.63) is 84.4 Å². The number of aliphatic carboxylic acids is 1. The molecule has 6 heteroatoms. The second-order valence-electron chi connectivity index (χ2n) is 7.28. The largest absolute Gasteiger partial charge is 0.482 e. The molecule has 1 aromatic heterocycles. The highest BCUT2D eigenvalue weighted by atomic mass is 16.6. The third-order valence-corrected chi connectivity index (χ3v) is 5.17. The van der Waals surface area contributed by atoms with Gasteiger partial charge in [0.25, 0.3) is 0 Å². The van der Waals surface area contributed by atoms with Gasteiger partial charge >= 0.3 is 5.97 Å². The summed E-state index contributed by atoms with van der Waals surface area (Å²) in [6.07, 6.45) is 0. The van der Waals surface area contributed by atoms with E-state index in [1.807, 2.05) is 31.2 Å². The number of nitrogens with one attached hydrogen (secondary N) is 1. The summed E-state index contributed by atoms with van der Waals surface area (Å²) < 4.78 is 7.52. The molecule has 0 saturated carbocycles. The van der Waals surface area contributed by atoms with Gasteiger partial charge in [-0.25, -0.2) is 4.79 Å². The first kappa shape index (κ1) is 20.5. The van der Waals surface area contributed by atoms with E-state index in [0.29, 0.717) is 24.6 Å². The molecule has 4 aromatic rings. The van der Waals surface area contributed by atoms with Crippen LogP contribution >= 0.6 is 0 Å². The Bertz CT molecular complexity index is 1210. The van der Waals surface area contributed by atoms with E-state index in [9.17, 15) is 4.79 Å². The second-order valence-corrected chi connectivity index (χ2v) is 7.28. The number of aryl methyl sites for hydroxylation is 1. The molecule has 0 amide bonds. The zero-order valence-electron chi connectivity index (χ0n) is 17.3. The highest BCUT2D eigenvalue weighted by molar-refractivity contribution is 6.07. The summed E-state index contributed by atoms with van der Waals surface area (Å²) in [6, 6.07) is 22.2. The Balaban J connectivity index is 1.38. The Morgan fingerprint density at radius 1 is 1.03 bits per heavy atom. The third kappa shape index (κ3) is 4.39. The van der Waals surface area contributed by atoms with Crippen molar-refractivity contribution < 1.29 is 19.5 Å². The Labute approximate surface area is 180 Å². The number of hydroxylamine groups is 1. The van der Waals surface area contributed by atoms with Crippen molar-refractivity contribution in [2.45, 2.75) is 13.5 Å². The first-order valence-electron chi connectivity index (χ1n) is 10.0. The first-order valence-corrected chi connectivity index (χ1v) is 10.0. The molecule has 31 heavy (non-hydrogen) atoms. The number of rotatable bonds is 9. The smallest absolute Gasteiger partial charge is 0.341 e. The minimum atomic E-state index is -1.01. The number of nitrogens with zero attached hydrogens (tertiary/aromatic N) is 1. The monoisotopic (exact) mass is 416 g/mol. The van der Waals surface area contributed by atoms with Gasteiger partial charge in [0.05, 0.1) is 12.3 Å². The Kier molecular flexibility index (Phi) is 5.91. The molecule has 0 bridgehead atoms. The molecule has 158 valence electrons. The minimum Gasteiger partial charge on any atom is -0.482 e. The van der Waals surface area contributed by atoms with E-state index in [1.54, 1.807) is 6.07 Å². The van der Waals surface area contributed by atoms with Gasteiger partial charge in [0, 0.05) is 28.4 Å². The van der Waals surface area contributed by atoms with E-state index in [4.69, 9.17) is 14.7 Å². The number of carboxylic acid groups (broad SMARTS) is 1. The highest BCUT2D eigenvalue weighted by Gasteiger charge is 2.10. The predicted molar refractivity (Wildman–Crippen MR) is 122 cm³/mol. The van der Waals surface area contributed by atoms with Crippen molar-refractivity contribution in [1.29, 1.82) is 0 Å². The van der Waals surface area contributed by atoms with E-state index in [2.05, 4.69) is 53.0 Å². The van der Waals surface area contributed by atoms with Crippen LogP contribution in [0.25, 0.3) is 27.5 Å². The van der Waals surface area contributed by atoms with Crippen LogP contribution in [0.2, 0.25) is 0 Å². The number of hydrogen-bond donors (Lipinski definition) is 2. The molecule has 0 fully saturated rings. The van der Waals surface area contributed by atoms with E-state index < -0.39 is 5.97 Å². The van der Waals surface area contributed by atoms with E-state index in [1.165, 1.54) is 21.8 Å². The maximum Gasteiger partial charge on any atom is 0.341 e. The van der Waals surface area contributed by atoms with Gasteiger partial charge in [-0.15, -0.1) is 0 Å². The molecule has 0 atom stereocenters. The summed E-state index contributed by atoms with van der Waals surface area (Å²) in [6.45, 7) is 6.66. The lowest BCUT2D eigenvalue weighted by molar-refractivity contribution is -0.139. The number of carbonyl (C=O) groups is 1. The summed E-state index contributed by atoms with van der Waals surface area (Å²) in [5.41, 5.74) is 7.56. The van der Waals surface area contributed by atoms with Crippen LogP contribution < -0.4 is 10.2 Å². The summed E-state index contributed by atoms with van der Waals surface area (Å²) in [4.78, 5) is 16.4. The van der Waals surface area contributed by atoms with Gasteiger partial charge in [-0.05, 0) is 48.4 Å². The molecule has 0 unspecified atom stereocenters. The van der Waals surface area contributed by atoms with Crippen LogP contribution in [0.3, 0.4) is 0 Å². The van der Waals surface area contributed by atoms with Crippen LogP contribution in [0.4, 0.5) is 0 Å². The average molecular weight is 416 g/mol. The summed E-state index contributed by atoms with van der Waals surface area (Å²) >= 11 is 0. The second kappa shape index (κ2) is 8.93. The molecule has 1 heterocycles. The number of carboxylic acids is 1. The lowest BCUT2D eigenvalue weighted by Gasteiger charge is -2.13. The molecule has 2 N–H and O–H groups in total. The van der Waals surface area contributed by atoms with Crippen molar-refractivity contribution >= 4 is 33.5 Å². The summed E-state index contributed by atoms with van der Waals surface area (Å²) in [7, 11) is 0. The highest BCUT2D eigenvalue weighted by Crippen LogP contribution is 2.28. The maximum absolute atomic E-state index is 10.7.